The standard InChI is InChI=1S/C4H10O.2ClH.Li.Na/c1-2-3-4-5;;;;/h5H,2-4H2,1H3;2*1H;;/q;;;2*+1/p-2. The summed E-state index contributed by atoms with van der Waals surface area (Å²) in [6.07, 6.45) is 2.04. The number of aliphatic hydroxyl groups excluding tert-OH is 1. The van der Waals surface area contributed by atoms with Gasteiger partial charge in [-0.15, -0.1) is 0 Å². The Balaban J connectivity index is -0.0000000133. The number of halogens is 2. The summed E-state index contributed by atoms with van der Waals surface area (Å²) in [5.74, 6) is 0. The Morgan fingerprint density at radius 3 is 1.56 bits per heavy atom. The number of rotatable bonds is 2. The Bertz CT molecular complexity index is 26.0. The summed E-state index contributed by atoms with van der Waals surface area (Å²) < 4.78 is 0. The van der Waals surface area contributed by atoms with Crippen LogP contribution in [0.15, 0.2) is 0 Å². The van der Waals surface area contributed by atoms with Crippen molar-refractivity contribution in [3.05, 3.63) is 0 Å². The molecule has 0 aromatic carbocycles. The molecule has 0 bridgehead atoms. The number of hydrogen-bond acceptors (Lipinski definition) is 1. The average molecular weight is 175 g/mol. The maximum absolute atomic E-state index is 8.07. The predicted molar refractivity (Wildman–Crippen MR) is 22.0 cm³/mol. The molecular weight excluding hydrogens is 165 g/mol. The first kappa shape index (κ1) is 30.4. The fourth-order valence-corrected chi connectivity index (χ4v) is 0.158. The molecule has 0 atom stereocenters. The smallest absolute Gasteiger partial charge is 1.00 e. The molecule has 0 radical (unpaired) electrons. The van der Waals surface area contributed by atoms with Gasteiger partial charge < -0.3 is 29.9 Å². The van der Waals surface area contributed by atoms with Gasteiger partial charge in [0, 0.05) is 6.61 Å². The first-order chi connectivity index (χ1) is 2.41. The molecule has 0 unspecified atom stereocenters. The predicted octanol–water partition coefficient (Wildman–Crippen LogP) is -11.2. The van der Waals surface area contributed by atoms with Crippen LogP contribution < -0.4 is 73.2 Å². The summed E-state index contributed by atoms with van der Waals surface area (Å²) in [6.45, 7) is 2.40. The van der Waals surface area contributed by atoms with Crippen LogP contribution in [0.4, 0.5) is 0 Å². The van der Waals surface area contributed by atoms with Gasteiger partial charge >= 0.3 is 48.4 Å². The van der Waals surface area contributed by atoms with Gasteiger partial charge in [0.25, 0.3) is 0 Å². The molecule has 0 saturated heterocycles. The average Bonchev–Trinajstić information content (AvgIpc) is 1.41. The van der Waals surface area contributed by atoms with E-state index >= 15 is 0 Å². The maximum atomic E-state index is 8.07. The van der Waals surface area contributed by atoms with E-state index in [9.17, 15) is 0 Å². The third-order valence-electron chi connectivity index (χ3n) is 0.512. The molecule has 0 rings (SSSR count). The van der Waals surface area contributed by atoms with Gasteiger partial charge in [0.2, 0.25) is 0 Å². The minimum absolute atomic E-state index is 0. The molecule has 1 nitrogen and oxygen atoms in total. The van der Waals surface area contributed by atoms with Crippen molar-refractivity contribution in [1.82, 2.24) is 0 Å². The fourth-order valence-electron chi connectivity index (χ4n) is 0.158. The molecule has 0 aliphatic rings. The van der Waals surface area contributed by atoms with E-state index in [0.29, 0.717) is 6.61 Å². The van der Waals surface area contributed by atoms with Gasteiger partial charge in [-0.05, 0) is 6.42 Å². The van der Waals surface area contributed by atoms with E-state index < -0.39 is 0 Å². The number of unbranched alkanes of at least 4 members (excludes halogenated alkanes) is 1. The van der Waals surface area contributed by atoms with Gasteiger partial charge in [-0.25, -0.2) is 0 Å². The molecule has 48 valence electrons. The topological polar surface area (TPSA) is 20.2 Å². The zero-order valence-electron chi connectivity index (χ0n) is 6.32. The molecule has 0 aliphatic heterocycles. The third-order valence-corrected chi connectivity index (χ3v) is 0.512. The first-order valence-corrected chi connectivity index (χ1v) is 2.02. The molecular formula is C4H10Cl2LiNaO. The summed E-state index contributed by atoms with van der Waals surface area (Å²) in [7, 11) is 0. The van der Waals surface area contributed by atoms with Gasteiger partial charge in [0.15, 0.2) is 0 Å². The van der Waals surface area contributed by atoms with E-state index in [0.717, 1.165) is 12.8 Å². The van der Waals surface area contributed by atoms with Crippen LogP contribution in [-0.2, 0) is 0 Å². The van der Waals surface area contributed by atoms with Crippen LogP contribution in [0, 0.1) is 0 Å². The van der Waals surface area contributed by atoms with Gasteiger partial charge in [0.1, 0.15) is 0 Å². The van der Waals surface area contributed by atoms with Crippen LogP contribution in [0.3, 0.4) is 0 Å². The molecule has 0 saturated carbocycles. The maximum Gasteiger partial charge on any atom is 1.00 e. The van der Waals surface area contributed by atoms with Crippen LogP contribution in [0.25, 0.3) is 0 Å². The van der Waals surface area contributed by atoms with Gasteiger partial charge in [-0.1, -0.05) is 13.3 Å². The van der Waals surface area contributed by atoms with Crippen molar-refractivity contribution in [3.63, 3.8) is 0 Å². The quantitative estimate of drug-likeness (QED) is 0.413. The Labute approximate surface area is 104 Å². The third kappa shape index (κ3) is 39.2. The second-order valence-corrected chi connectivity index (χ2v) is 1.08. The van der Waals surface area contributed by atoms with E-state index in [1.165, 1.54) is 0 Å². The molecule has 0 fully saturated rings. The largest absolute Gasteiger partial charge is 1.00 e. The van der Waals surface area contributed by atoms with E-state index in [1.54, 1.807) is 0 Å². The van der Waals surface area contributed by atoms with E-state index in [4.69, 9.17) is 5.11 Å². The van der Waals surface area contributed by atoms with Crippen molar-refractivity contribution in [2.75, 3.05) is 6.61 Å². The number of hydrogen-bond donors (Lipinski definition) is 1. The van der Waals surface area contributed by atoms with E-state index in [-0.39, 0.29) is 73.2 Å². The fraction of sp³-hybridized carbons (Fsp3) is 1.00. The first-order valence-electron chi connectivity index (χ1n) is 2.02. The summed E-state index contributed by atoms with van der Waals surface area (Å²) in [4.78, 5) is 0. The normalized spacial score (nSPS) is 4.67. The summed E-state index contributed by atoms with van der Waals surface area (Å²) in [5, 5.41) is 8.07. The Hall–Kier alpha value is 2.14. The SMILES string of the molecule is CCCCO.[Cl-].[Cl-].[Li+].[Na+]. The van der Waals surface area contributed by atoms with Crippen LogP contribution in [0.5, 0.6) is 0 Å². The van der Waals surface area contributed by atoms with Crippen molar-refractivity contribution in [2.45, 2.75) is 19.8 Å². The minimum atomic E-state index is 0. The van der Waals surface area contributed by atoms with Crippen LogP contribution in [-0.4, -0.2) is 11.7 Å². The Morgan fingerprint density at radius 2 is 1.56 bits per heavy atom. The zero-order chi connectivity index (χ0) is 4.12. The van der Waals surface area contributed by atoms with Gasteiger partial charge in [-0.2, -0.15) is 0 Å². The molecule has 0 heterocycles. The number of aliphatic hydroxyl groups is 1. The molecule has 5 heteroatoms. The Kier molecular flexibility index (Phi) is 108. The molecule has 0 amide bonds. The summed E-state index contributed by atoms with van der Waals surface area (Å²) >= 11 is 0. The van der Waals surface area contributed by atoms with Crippen LogP contribution >= 0.6 is 0 Å². The molecule has 0 spiro atoms. The van der Waals surface area contributed by atoms with E-state index in [2.05, 4.69) is 6.92 Å². The van der Waals surface area contributed by atoms with Gasteiger partial charge in [0.05, 0.1) is 0 Å². The molecule has 0 aromatic heterocycles. The Morgan fingerprint density at radius 1 is 1.22 bits per heavy atom. The van der Waals surface area contributed by atoms with Crippen molar-refractivity contribution >= 4 is 0 Å². The van der Waals surface area contributed by atoms with Crippen molar-refractivity contribution in [1.29, 1.82) is 0 Å². The molecule has 0 aliphatic carbocycles. The minimum Gasteiger partial charge on any atom is -1.00 e. The van der Waals surface area contributed by atoms with Gasteiger partial charge in [-0.3, -0.25) is 0 Å². The van der Waals surface area contributed by atoms with Crippen molar-refractivity contribution in [2.24, 2.45) is 0 Å². The van der Waals surface area contributed by atoms with Crippen LogP contribution in [0.2, 0.25) is 0 Å². The van der Waals surface area contributed by atoms with Crippen molar-refractivity contribution in [3.8, 4) is 0 Å². The van der Waals surface area contributed by atoms with Crippen LogP contribution in [0.1, 0.15) is 19.8 Å². The zero-order valence-corrected chi connectivity index (χ0v) is 9.84. The van der Waals surface area contributed by atoms with Crippen molar-refractivity contribution < 1.29 is 78.3 Å². The molecule has 0 aromatic rings. The summed E-state index contributed by atoms with van der Waals surface area (Å²) in [6, 6.07) is 0. The second-order valence-electron chi connectivity index (χ2n) is 1.08. The summed E-state index contributed by atoms with van der Waals surface area (Å²) in [5.41, 5.74) is 0. The second kappa shape index (κ2) is 32.1. The monoisotopic (exact) mass is 174 g/mol. The molecule has 9 heavy (non-hydrogen) atoms. The molecule has 1 N–H and O–H groups in total. The van der Waals surface area contributed by atoms with E-state index in [1.807, 2.05) is 0 Å².